The Kier molecular flexibility index (Phi) is 3.95. The normalized spacial score (nSPS) is 27.4. The van der Waals surface area contributed by atoms with Gasteiger partial charge in [0, 0.05) is 11.8 Å². The van der Waals surface area contributed by atoms with E-state index in [2.05, 4.69) is 6.92 Å². The Bertz CT molecular complexity index is 166. The number of hydrogen-bond donors (Lipinski definition) is 0. The molecule has 76 valence electrons. The summed E-state index contributed by atoms with van der Waals surface area (Å²) >= 11 is 0. The zero-order valence-electron chi connectivity index (χ0n) is 9.18. The summed E-state index contributed by atoms with van der Waals surface area (Å²) < 4.78 is 0. The second-order valence-electron chi connectivity index (χ2n) is 4.73. The van der Waals surface area contributed by atoms with Gasteiger partial charge >= 0.3 is 0 Å². The van der Waals surface area contributed by atoms with Crippen LogP contribution in [0.25, 0.3) is 0 Å². The van der Waals surface area contributed by atoms with Crippen LogP contribution in [0.5, 0.6) is 0 Å². The lowest BCUT2D eigenvalue weighted by Gasteiger charge is -2.35. The quantitative estimate of drug-likeness (QED) is 0.636. The lowest BCUT2D eigenvalue weighted by molar-refractivity contribution is -0.130. The first-order valence-electron chi connectivity index (χ1n) is 5.68. The van der Waals surface area contributed by atoms with Gasteiger partial charge in [-0.05, 0) is 18.8 Å². The van der Waals surface area contributed by atoms with E-state index >= 15 is 0 Å². The first-order chi connectivity index (χ1) is 6.15. The Morgan fingerprint density at radius 3 is 2.46 bits per heavy atom. The lowest BCUT2D eigenvalue weighted by atomic mass is 9.69. The largest absolute Gasteiger partial charge is 0.299 e. The van der Waals surface area contributed by atoms with Crippen LogP contribution in [0.2, 0.25) is 0 Å². The van der Waals surface area contributed by atoms with Gasteiger partial charge in [0.25, 0.3) is 0 Å². The minimum absolute atomic E-state index is 0.247. The third-order valence-corrected chi connectivity index (χ3v) is 3.17. The molecule has 1 aliphatic rings. The fourth-order valence-electron chi connectivity index (χ4n) is 2.17. The molecule has 1 fully saturated rings. The van der Waals surface area contributed by atoms with Gasteiger partial charge in [-0.25, -0.2) is 0 Å². The highest BCUT2D eigenvalue weighted by Crippen LogP contribution is 2.38. The summed E-state index contributed by atoms with van der Waals surface area (Å²) in [6.07, 6.45) is 6.33. The number of hydrogen-bond acceptors (Lipinski definition) is 1. The standard InChI is InChI=1S/C12H22O/c1-4-5-6-10-7-11(8-10)12(13)9(2)3/h9-11H,4-8H2,1-3H3/t10-,11+. The summed E-state index contributed by atoms with van der Waals surface area (Å²) in [6.45, 7) is 6.26. The third kappa shape index (κ3) is 2.82. The molecule has 0 amide bonds. The summed E-state index contributed by atoms with van der Waals surface area (Å²) in [6, 6.07) is 0. The molecule has 13 heavy (non-hydrogen) atoms. The van der Waals surface area contributed by atoms with Crippen molar-refractivity contribution in [3.8, 4) is 0 Å². The molecule has 1 aliphatic carbocycles. The van der Waals surface area contributed by atoms with Crippen molar-refractivity contribution in [2.24, 2.45) is 17.8 Å². The van der Waals surface area contributed by atoms with E-state index in [0.717, 1.165) is 5.92 Å². The molecule has 1 rings (SSSR count). The van der Waals surface area contributed by atoms with E-state index in [0.29, 0.717) is 11.7 Å². The van der Waals surface area contributed by atoms with Crippen LogP contribution in [0.1, 0.15) is 52.9 Å². The molecule has 0 unspecified atom stereocenters. The Labute approximate surface area is 81.9 Å². The molecule has 0 spiro atoms. The van der Waals surface area contributed by atoms with Crippen molar-refractivity contribution in [2.45, 2.75) is 52.9 Å². The molecule has 0 aromatic rings. The predicted octanol–water partition coefficient (Wildman–Crippen LogP) is 3.43. The van der Waals surface area contributed by atoms with E-state index in [1.807, 2.05) is 13.8 Å². The molecular weight excluding hydrogens is 160 g/mol. The first kappa shape index (κ1) is 10.7. The highest BCUT2D eigenvalue weighted by molar-refractivity contribution is 5.83. The third-order valence-electron chi connectivity index (χ3n) is 3.17. The van der Waals surface area contributed by atoms with Crippen molar-refractivity contribution >= 4 is 5.78 Å². The second-order valence-corrected chi connectivity index (χ2v) is 4.73. The van der Waals surface area contributed by atoms with Gasteiger partial charge in [0.1, 0.15) is 5.78 Å². The molecule has 1 saturated carbocycles. The topological polar surface area (TPSA) is 17.1 Å². The van der Waals surface area contributed by atoms with Gasteiger partial charge in [0.2, 0.25) is 0 Å². The van der Waals surface area contributed by atoms with Crippen molar-refractivity contribution < 1.29 is 4.79 Å². The van der Waals surface area contributed by atoms with Gasteiger partial charge in [-0.3, -0.25) is 4.79 Å². The molecule has 0 radical (unpaired) electrons. The lowest BCUT2D eigenvalue weighted by Crippen LogP contribution is -2.32. The molecular formula is C12H22O. The van der Waals surface area contributed by atoms with E-state index in [4.69, 9.17) is 0 Å². The van der Waals surface area contributed by atoms with Gasteiger partial charge in [-0.2, -0.15) is 0 Å². The molecule has 0 bridgehead atoms. The predicted molar refractivity (Wildman–Crippen MR) is 55.6 cm³/mol. The van der Waals surface area contributed by atoms with Crippen LogP contribution < -0.4 is 0 Å². The van der Waals surface area contributed by atoms with Crippen molar-refractivity contribution in [1.29, 1.82) is 0 Å². The van der Waals surface area contributed by atoms with Gasteiger partial charge in [0.05, 0.1) is 0 Å². The van der Waals surface area contributed by atoms with Crippen LogP contribution in [-0.4, -0.2) is 5.78 Å². The van der Waals surface area contributed by atoms with E-state index in [1.54, 1.807) is 0 Å². The summed E-state index contributed by atoms with van der Waals surface area (Å²) in [4.78, 5) is 11.5. The monoisotopic (exact) mass is 182 g/mol. The van der Waals surface area contributed by atoms with Crippen LogP contribution in [0.4, 0.5) is 0 Å². The average molecular weight is 182 g/mol. The van der Waals surface area contributed by atoms with Crippen molar-refractivity contribution in [2.75, 3.05) is 0 Å². The second kappa shape index (κ2) is 4.78. The Hall–Kier alpha value is -0.330. The van der Waals surface area contributed by atoms with Gasteiger partial charge < -0.3 is 0 Å². The maximum absolute atomic E-state index is 11.5. The van der Waals surface area contributed by atoms with E-state index in [9.17, 15) is 4.79 Å². The van der Waals surface area contributed by atoms with Crippen LogP contribution in [0, 0.1) is 17.8 Å². The van der Waals surface area contributed by atoms with Crippen molar-refractivity contribution in [3.63, 3.8) is 0 Å². The highest BCUT2D eigenvalue weighted by atomic mass is 16.1. The zero-order valence-corrected chi connectivity index (χ0v) is 9.18. The number of carbonyl (C=O) groups is 1. The molecule has 0 N–H and O–H groups in total. The minimum atomic E-state index is 0.247. The fourth-order valence-corrected chi connectivity index (χ4v) is 2.17. The van der Waals surface area contributed by atoms with Crippen LogP contribution in [-0.2, 0) is 4.79 Å². The van der Waals surface area contributed by atoms with Crippen molar-refractivity contribution in [3.05, 3.63) is 0 Å². The fraction of sp³-hybridized carbons (Fsp3) is 0.917. The number of carbonyl (C=O) groups excluding carboxylic acids is 1. The number of Topliss-reactive ketones (excluding diaryl/α,β-unsaturated/α-hetero) is 1. The van der Waals surface area contributed by atoms with Gasteiger partial charge in [-0.1, -0.05) is 40.0 Å². The molecule has 0 aromatic carbocycles. The Morgan fingerprint density at radius 1 is 1.38 bits per heavy atom. The maximum Gasteiger partial charge on any atom is 0.138 e. The van der Waals surface area contributed by atoms with E-state index in [1.165, 1.54) is 32.1 Å². The molecule has 0 heterocycles. The van der Waals surface area contributed by atoms with Gasteiger partial charge in [-0.15, -0.1) is 0 Å². The summed E-state index contributed by atoms with van der Waals surface area (Å²) in [7, 11) is 0. The number of unbranched alkanes of at least 4 members (excludes halogenated alkanes) is 1. The molecule has 0 aromatic heterocycles. The first-order valence-corrected chi connectivity index (χ1v) is 5.68. The Morgan fingerprint density at radius 2 is 2.00 bits per heavy atom. The summed E-state index contributed by atoms with van der Waals surface area (Å²) in [5.74, 6) is 2.03. The van der Waals surface area contributed by atoms with Gasteiger partial charge in [0.15, 0.2) is 0 Å². The van der Waals surface area contributed by atoms with E-state index < -0.39 is 0 Å². The van der Waals surface area contributed by atoms with Crippen LogP contribution in [0.3, 0.4) is 0 Å². The van der Waals surface area contributed by atoms with Crippen LogP contribution in [0.15, 0.2) is 0 Å². The molecule has 0 aliphatic heterocycles. The minimum Gasteiger partial charge on any atom is -0.299 e. The van der Waals surface area contributed by atoms with E-state index in [-0.39, 0.29) is 5.92 Å². The maximum atomic E-state index is 11.5. The molecule has 1 heteroatoms. The molecule has 1 nitrogen and oxygen atoms in total. The molecule has 0 saturated heterocycles. The Balaban J connectivity index is 2.14. The smallest absolute Gasteiger partial charge is 0.138 e. The van der Waals surface area contributed by atoms with Crippen molar-refractivity contribution in [1.82, 2.24) is 0 Å². The SMILES string of the molecule is CCCC[C@H]1C[C@@H](C(=O)C(C)C)C1. The van der Waals surface area contributed by atoms with Crippen LogP contribution >= 0.6 is 0 Å². The number of rotatable bonds is 5. The summed E-state index contributed by atoms with van der Waals surface area (Å²) in [5, 5.41) is 0. The highest BCUT2D eigenvalue weighted by Gasteiger charge is 2.34. The summed E-state index contributed by atoms with van der Waals surface area (Å²) in [5.41, 5.74) is 0. The zero-order chi connectivity index (χ0) is 9.84. The average Bonchev–Trinajstić information content (AvgIpc) is 2.01. The number of ketones is 1. The molecule has 0 atom stereocenters.